The van der Waals surface area contributed by atoms with E-state index < -0.39 is 0 Å². The minimum absolute atomic E-state index is 0.930. The summed E-state index contributed by atoms with van der Waals surface area (Å²) in [6.45, 7) is 6.33. The van der Waals surface area contributed by atoms with Crippen LogP contribution in [0.15, 0.2) is 24.3 Å². The van der Waals surface area contributed by atoms with E-state index in [1.54, 1.807) is 11.3 Å². The van der Waals surface area contributed by atoms with Crippen LogP contribution < -0.4 is 10.6 Å². The molecule has 0 aliphatic carbocycles. The van der Waals surface area contributed by atoms with Gasteiger partial charge in [0.2, 0.25) is 0 Å². The van der Waals surface area contributed by atoms with Gasteiger partial charge in [-0.15, -0.1) is 11.3 Å². The summed E-state index contributed by atoms with van der Waals surface area (Å²) in [7, 11) is 0. The number of anilines is 2. The van der Waals surface area contributed by atoms with Crippen LogP contribution in [0.4, 0.5) is 10.7 Å². The lowest BCUT2D eigenvalue weighted by Crippen LogP contribution is -2.22. The normalized spacial score (nSPS) is 10.8. The Morgan fingerprint density at radius 1 is 1.20 bits per heavy atom. The maximum absolute atomic E-state index is 6.08. The molecule has 0 radical (unpaired) electrons. The Labute approximate surface area is 94.3 Å². The number of hydrogen-bond donors (Lipinski definition) is 1. The van der Waals surface area contributed by atoms with E-state index in [-0.39, 0.29) is 0 Å². The minimum atomic E-state index is 0.930. The summed E-state index contributed by atoms with van der Waals surface area (Å²) in [5, 5.41) is 2.21. The highest BCUT2D eigenvalue weighted by Gasteiger charge is 2.13. The zero-order valence-corrected chi connectivity index (χ0v) is 9.97. The minimum Gasteiger partial charge on any atom is -0.389 e. The first-order chi connectivity index (χ1) is 7.27. The van der Waals surface area contributed by atoms with Crippen molar-refractivity contribution in [3.63, 3.8) is 0 Å². The number of nitrogen functional groups attached to an aromatic ring is 1. The first-order valence-corrected chi connectivity index (χ1v) is 6.11. The molecule has 0 amide bonds. The average molecular weight is 220 g/mol. The number of fused-ring (bicyclic) bond motifs is 1. The summed E-state index contributed by atoms with van der Waals surface area (Å²) < 4.78 is 1.27. The van der Waals surface area contributed by atoms with Gasteiger partial charge in [0, 0.05) is 23.2 Å². The highest BCUT2D eigenvalue weighted by atomic mass is 32.1. The zero-order valence-electron chi connectivity index (χ0n) is 9.16. The van der Waals surface area contributed by atoms with Crippen LogP contribution in [0.1, 0.15) is 13.8 Å². The van der Waals surface area contributed by atoms with Crippen LogP contribution in [0.25, 0.3) is 10.1 Å². The largest absolute Gasteiger partial charge is 0.389 e. The van der Waals surface area contributed by atoms with E-state index in [0.717, 1.165) is 18.1 Å². The topological polar surface area (TPSA) is 29.3 Å². The van der Waals surface area contributed by atoms with Crippen LogP contribution >= 0.6 is 11.3 Å². The second-order valence-corrected chi connectivity index (χ2v) is 4.57. The quantitative estimate of drug-likeness (QED) is 0.859. The molecule has 0 spiro atoms. The van der Waals surface area contributed by atoms with Crippen LogP contribution in [0.2, 0.25) is 0 Å². The molecule has 0 saturated heterocycles. The molecule has 1 aromatic heterocycles. The van der Waals surface area contributed by atoms with E-state index in [4.69, 9.17) is 5.73 Å². The summed E-state index contributed by atoms with van der Waals surface area (Å²) >= 11 is 1.67. The summed E-state index contributed by atoms with van der Waals surface area (Å²) in [6.07, 6.45) is 0. The molecule has 0 saturated carbocycles. The number of hydrogen-bond acceptors (Lipinski definition) is 3. The van der Waals surface area contributed by atoms with Crippen LogP contribution in [0.3, 0.4) is 0 Å². The van der Waals surface area contributed by atoms with Gasteiger partial charge in [0.05, 0.1) is 5.69 Å². The lowest BCUT2D eigenvalue weighted by atomic mass is 10.2. The molecule has 0 unspecified atom stereocenters. The molecule has 0 bridgehead atoms. The first kappa shape index (κ1) is 10.3. The zero-order chi connectivity index (χ0) is 10.8. The molecular weight excluding hydrogens is 204 g/mol. The van der Waals surface area contributed by atoms with E-state index in [9.17, 15) is 0 Å². The Morgan fingerprint density at radius 2 is 1.87 bits per heavy atom. The fraction of sp³-hybridized carbons (Fsp3) is 0.333. The Morgan fingerprint density at radius 3 is 2.53 bits per heavy atom. The Bertz CT molecular complexity index is 458. The van der Waals surface area contributed by atoms with E-state index >= 15 is 0 Å². The molecule has 2 aromatic rings. The second kappa shape index (κ2) is 4.11. The fourth-order valence-corrected chi connectivity index (χ4v) is 2.91. The SMILES string of the molecule is CCN(CC)c1c(N)sc2ccccc12. The van der Waals surface area contributed by atoms with Crippen LogP contribution in [0.5, 0.6) is 0 Å². The predicted molar refractivity (Wildman–Crippen MR) is 69.8 cm³/mol. The van der Waals surface area contributed by atoms with Crippen molar-refractivity contribution in [2.24, 2.45) is 0 Å². The lowest BCUT2D eigenvalue weighted by Gasteiger charge is -2.20. The van der Waals surface area contributed by atoms with Crippen molar-refractivity contribution in [3.05, 3.63) is 24.3 Å². The molecule has 2 N–H and O–H groups in total. The smallest absolute Gasteiger partial charge is 0.111 e. The van der Waals surface area contributed by atoms with E-state index in [1.807, 2.05) is 0 Å². The second-order valence-electron chi connectivity index (χ2n) is 3.48. The summed E-state index contributed by atoms with van der Waals surface area (Å²) in [5.74, 6) is 0. The molecule has 3 heteroatoms. The van der Waals surface area contributed by atoms with Gasteiger partial charge < -0.3 is 10.6 Å². The molecule has 1 heterocycles. The summed E-state index contributed by atoms with van der Waals surface area (Å²) in [4.78, 5) is 2.31. The van der Waals surface area contributed by atoms with Gasteiger partial charge in [-0.2, -0.15) is 0 Å². The standard InChI is InChI=1S/C12H16N2S/c1-3-14(4-2)11-9-7-5-6-8-10(9)15-12(11)13/h5-8H,3-4,13H2,1-2H3. The molecular formula is C12H16N2S. The van der Waals surface area contributed by atoms with E-state index in [0.29, 0.717) is 0 Å². The van der Waals surface area contributed by atoms with Crippen molar-refractivity contribution >= 4 is 32.1 Å². The monoisotopic (exact) mass is 220 g/mol. The van der Waals surface area contributed by atoms with Crippen molar-refractivity contribution in [1.29, 1.82) is 0 Å². The molecule has 0 aliphatic rings. The number of thiophene rings is 1. The highest BCUT2D eigenvalue weighted by molar-refractivity contribution is 7.23. The molecule has 0 fully saturated rings. The molecule has 0 atom stereocenters. The van der Waals surface area contributed by atoms with Gasteiger partial charge in [0.15, 0.2) is 0 Å². The van der Waals surface area contributed by atoms with Gasteiger partial charge in [-0.3, -0.25) is 0 Å². The molecule has 80 valence electrons. The summed E-state index contributed by atoms with van der Waals surface area (Å²) in [5.41, 5.74) is 7.29. The molecule has 2 rings (SSSR count). The summed E-state index contributed by atoms with van der Waals surface area (Å²) in [6, 6.07) is 8.41. The third-order valence-electron chi connectivity index (χ3n) is 2.68. The molecule has 0 aliphatic heterocycles. The maximum Gasteiger partial charge on any atom is 0.111 e. The van der Waals surface area contributed by atoms with E-state index in [2.05, 4.69) is 43.0 Å². The third-order valence-corrected chi connectivity index (χ3v) is 3.66. The number of rotatable bonds is 3. The lowest BCUT2D eigenvalue weighted by molar-refractivity contribution is 0.873. The van der Waals surface area contributed by atoms with Crippen LogP contribution in [-0.2, 0) is 0 Å². The van der Waals surface area contributed by atoms with Crippen molar-refractivity contribution in [1.82, 2.24) is 0 Å². The Balaban J connectivity index is 2.62. The van der Waals surface area contributed by atoms with Crippen LogP contribution in [-0.4, -0.2) is 13.1 Å². The Kier molecular flexibility index (Phi) is 2.82. The molecule has 2 nitrogen and oxygen atoms in total. The first-order valence-electron chi connectivity index (χ1n) is 5.29. The van der Waals surface area contributed by atoms with Gasteiger partial charge in [-0.1, -0.05) is 18.2 Å². The van der Waals surface area contributed by atoms with Crippen molar-refractivity contribution in [2.75, 3.05) is 23.7 Å². The molecule has 15 heavy (non-hydrogen) atoms. The number of nitrogens with two attached hydrogens (primary N) is 1. The van der Waals surface area contributed by atoms with Crippen molar-refractivity contribution < 1.29 is 0 Å². The molecule has 1 aromatic carbocycles. The van der Waals surface area contributed by atoms with Crippen molar-refractivity contribution in [2.45, 2.75) is 13.8 Å². The van der Waals surface area contributed by atoms with Crippen LogP contribution in [0, 0.1) is 0 Å². The van der Waals surface area contributed by atoms with Gasteiger partial charge in [0.25, 0.3) is 0 Å². The van der Waals surface area contributed by atoms with Gasteiger partial charge in [0.1, 0.15) is 5.00 Å². The number of benzene rings is 1. The fourth-order valence-electron chi connectivity index (χ4n) is 1.92. The van der Waals surface area contributed by atoms with E-state index in [1.165, 1.54) is 15.8 Å². The third kappa shape index (κ3) is 1.67. The Hall–Kier alpha value is -1.22. The van der Waals surface area contributed by atoms with Crippen molar-refractivity contribution in [3.8, 4) is 0 Å². The maximum atomic E-state index is 6.08. The van der Waals surface area contributed by atoms with Gasteiger partial charge >= 0.3 is 0 Å². The predicted octanol–water partition coefficient (Wildman–Crippen LogP) is 3.33. The highest BCUT2D eigenvalue weighted by Crippen LogP contribution is 2.40. The van der Waals surface area contributed by atoms with Gasteiger partial charge in [-0.05, 0) is 19.9 Å². The number of nitrogens with zero attached hydrogens (tertiary/aromatic N) is 1. The average Bonchev–Trinajstić information content (AvgIpc) is 2.58. The van der Waals surface area contributed by atoms with Gasteiger partial charge in [-0.25, -0.2) is 0 Å².